The van der Waals surface area contributed by atoms with E-state index in [1.165, 1.54) is 61.0 Å². The highest BCUT2D eigenvalue weighted by Gasteiger charge is 2.10. The van der Waals surface area contributed by atoms with Crippen LogP contribution in [0.3, 0.4) is 0 Å². The van der Waals surface area contributed by atoms with Crippen molar-refractivity contribution in [1.82, 2.24) is 4.90 Å². The summed E-state index contributed by atoms with van der Waals surface area (Å²) in [5.41, 5.74) is 1.54. The van der Waals surface area contributed by atoms with Crippen LogP contribution in [0.4, 0.5) is 0 Å². The zero-order chi connectivity index (χ0) is 11.5. The molecule has 2 heterocycles. The van der Waals surface area contributed by atoms with Crippen LogP contribution in [0, 0.1) is 0 Å². The van der Waals surface area contributed by atoms with Gasteiger partial charge in [-0.15, -0.1) is 11.3 Å². The number of rotatable bonds is 3. The highest BCUT2D eigenvalue weighted by atomic mass is 32.1. The molecule has 0 atom stereocenters. The molecule has 0 unspecified atom stereocenters. The number of benzene rings is 1. The lowest BCUT2D eigenvalue weighted by Gasteiger charge is -2.26. The van der Waals surface area contributed by atoms with Crippen molar-refractivity contribution in [2.24, 2.45) is 0 Å². The molecule has 1 aromatic carbocycles. The molecule has 1 saturated heterocycles. The second-order valence-electron chi connectivity index (χ2n) is 4.91. The van der Waals surface area contributed by atoms with Crippen LogP contribution in [-0.2, 0) is 6.42 Å². The zero-order valence-electron chi connectivity index (χ0n) is 10.2. The first-order valence-corrected chi connectivity index (χ1v) is 7.49. The Bertz CT molecular complexity index is 482. The molecule has 90 valence electrons. The van der Waals surface area contributed by atoms with Crippen LogP contribution in [0.5, 0.6) is 0 Å². The Kier molecular flexibility index (Phi) is 3.44. The summed E-state index contributed by atoms with van der Waals surface area (Å²) in [5.74, 6) is 0. The minimum Gasteiger partial charge on any atom is -0.303 e. The minimum atomic E-state index is 1.21. The van der Waals surface area contributed by atoms with Gasteiger partial charge in [0.05, 0.1) is 0 Å². The topological polar surface area (TPSA) is 3.24 Å². The average molecular weight is 245 g/mol. The van der Waals surface area contributed by atoms with Crippen molar-refractivity contribution in [2.45, 2.75) is 25.7 Å². The van der Waals surface area contributed by atoms with Gasteiger partial charge in [0.25, 0.3) is 0 Å². The third kappa shape index (κ3) is 2.53. The Morgan fingerprint density at radius 2 is 1.88 bits per heavy atom. The molecule has 1 aromatic heterocycles. The van der Waals surface area contributed by atoms with Gasteiger partial charge in [-0.25, -0.2) is 0 Å². The fourth-order valence-corrected chi connectivity index (χ4v) is 3.69. The van der Waals surface area contributed by atoms with Gasteiger partial charge in [-0.1, -0.05) is 24.6 Å². The lowest BCUT2D eigenvalue weighted by Crippen LogP contribution is -2.31. The van der Waals surface area contributed by atoms with Crippen molar-refractivity contribution in [3.05, 3.63) is 35.2 Å². The molecule has 2 aromatic rings. The molecular formula is C15H19NS. The Balaban J connectivity index is 1.68. The predicted octanol–water partition coefficient (Wildman–Crippen LogP) is 3.93. The van der Waals surface area contributed by atoms with Gasteiger partial charge in [-0.2, -0.15) is 0 Å². The maximum absolute atomic E-state index is 2.62. The monoisotopic (exact) mass is 245 g/mol. The van der Waals surface area contributed by atoms with Crippen molar-refractivity contribution in [3.63, 3.8) is 0 Å². The molecule has 2 heteroatoms. The molecule has 1 aliphatic heterocycles. The molecule has 0 aliphatic carbocycles. The van der Waals surface area contributed by atoms with Crippen LogP contribution < -0.4 is 0 Å². The van der Waals surface area contributed by atoms with Gasteiger partial charge in [-0.3, -0.25) is 0 Å². The van der Waals surface area contributed by atoms with Crippen LogP contribution in [-0.4, -0.2) is 24.5 Å². The molecule has 1 nitrogen and oxygen atoms in total. The Morgan fingerprint density at radius 1 is 1.06 bits per heavy atom. The maximum Gasteiger partial charge on any atom is 0.0345 e. The molecule has 0 saturated carbocycles. The number of nitrogens with zero attached hydrogens (tertiary/aromatic N) is 1. The number of fused-ring (bicyclic) bond motifs is 1. The van der Waals surface area contributed by atoms with Crippen LogP contribution in [0.2, 0.25) is 0 Å². The first kappa shape index (κ1) is 11.2. The summed E-state index contributed by atoms with van der Waals surface area (Å²) in [6.07, 6.45) is 5.43. The van der Waals surface area contributed by atoms with E-state index in [0.29, 0.717) is 0 Å². The summed E-state index contributed by atoms with van der Waals surface area (Å²) in [4.78, 5) is 2.62. The van der Waals surface area contributed by atoms with Gasteiger partial charge in [-0.05, 0) is 54.7 Å². The van der Waals surface area contributed by atoms with Gasteiger partial charge in [0.1, 0.15) is 0 Å². The van der Waals surface area contributed by atoms with E-state index in [9.17, 15) is 0 Å². The van der Waals surface area contributed by atoms with Crippen LogP contribution >= 0.6 is 11.3 Å². The van der Waals surface area contributed by atoms with Gasteiger partial charge >= 0.3 is 0 Å². The molecule has 0 N–H and O–H groups in total. The number of likely N-dealkylation sites (tertiary alicyclic amines) is 1. The van der Waals surface area contributed by atoms with Crippen LogP contribution in [0.15, 0.2) is 29.6 Å². The van der Waals surface area contributed by atoms with Gasteiger partial charge in [0, 0.05) is 11.2 Å². The maximum atomic E-state index is 2.62. The fraction of sp³-hybridized carbons (Fsp3) is 0.467. The average Bonchev–Trinajstić information content (AvgIpc) is 2.81. The van der Waals surface area contributed by atoms with Crippen molar-refractivity contribution in [3.8, 4) is 0 Å². The number of hydrogen-bond acceptors (Lipinski definition) is 2. The summed E-state index contributed by atoms with van der Waals surface area (Å²) in [5, 5.41) is 3.81. The van der Waals surface area contributed by atoms with E-state index in [1.54, 1.807) is 0 Å². The largest absolute Gasteiger partial charge is 0.303 e. The van der Waals surface area contributed by atoms with E-state index in [-0.39, 0.29) is 0 Å². The smallest absolute Gasteiger partial charge is 0.0345 e. The van der Waals surface area contributed by atoms with E-state index in [4.69, 9.17) is 0 Å². The van der Waals surface area contributed by atoms with Crippen molar-refractivity contribution < 1.29 is 0 Å². The third-order valence-corrected chi connectivity index (χ3v) is 4.72. The summed E-state index contributed by atoms with van der Waals surface area (Å²) in [7, 11) is 0. The number of piperidine rings is 1. The van der Waals surface area contributed by atoms with Gasteiger partial charge in [0.15, 0.2) is 0 Å². The summed E-state index contributed by atoms with van der Waals surface area (Å²) in [6.45, 7) is 3.85. The molecule has 0 bridgehead atoms. The lowest BCUT2D eigenvalue weighted by atomic mass is 10.1. The molecule has 17 heavy (non-hydrogen) atoms. The highest BCUT2D eigenvalue weighted by molar-refractivity contribution is 7.17. The molecule has 0 amide bonds. The standard InChI is InChI=1S/C15H19NS/c1-4-9-16(10-5-1)11-8-13-12-17-15-7-3-2-6-14(13)15/h2-3,6-7,12H,1,4-5,8-11H2. The SMILES string of the molecule is c1ccc2c(CCN3CCCCC3)csc2c1. The van der Waals surface area contributed by atoms with E-state index in [1.807, 2.05) is 11.3 Å². The summed E-state index contributed by atoms with van der Waals surface area (Å²) >= 11 is 1.88. The first-order valence-electron chi connectivity index (χ1n) is 6.61. The van der Waals surface area contributed by atoms with Crippen molar-refractivity contribution in [1.29, 1.82) is 0 Å². The van der Waals surface area contributed by atoms with Crippen LogP contribution in [0.1, 0.15) is 24.8 Å². The van der Waals surface area contributed by atoms with Gasteiger partial charge < -0.3 is 4.90 Å². The van der Waals surface area contributed by atoms with E-state index in [0.717, 1.165) is 0 Å². The zero-order valence-corrected chi connectivity index (χ0v) is 11.0. The van der Waals surface area contributed by atoms with E-state index in [2.05, 4.69) is 34.5 Å². The second-order valence-corrected chi connectivity index (χ2v) is 5.82. The minimum absolute atomic E-state index is 1.21. The second kappa shape index (κ2) is 5.19. The molecule has 0 spiro atoms. The highest BCUT2D eigenvalue weighted by Crippen LogP contribution is 2.26. The normalized spacial score (nSPS) is 17.6. The Hall–Kier alpha value is -0.860. The third-order valence-electron chi connectivity index (χ3n) is 3.71. The first-order chi connectivity index (χ1) is 8.43. The Labute approximate surface area is 107 Å². The lowest BCUT2D eigenvalue weighted by molar-refractivity contribution is 0.232. The summed E-state index contributed by atoms with van der Waals surface area (Å²) in [6, 6.07) is 8.77. The van der Waals surface area contributed by atoms with Crippen LogP contribution in [0.25, 0.3) is 10.1 Å². The molecule has 0 radical (unpaired) electrons. The number of hydrogen-bond donors (Lipinski definition) is 0. The summed E-state index contributed by atoms with van der Waals surface area (Å²) < 4.78 is 1.43. The van der Waals surface area contributed by atoms with Crippen molar-refractivity contribution in [2.75, 3.05) is 19.6 Å². The molecule has 1 fully saturated rings. The predicted molar refractivity (Wildman–Crippen MR) is 75.8 cm³/mol. The Morgan fingerprint density at radius 3 is 2.76 bits per heavy atom. The number of thiophene rings is 1. The molecule has 1 aliphatic rings. The van der Waals surface area contributed by atoms with E-state index >= 15 is 0 Å². The fourth-order valence-electron chi connectivity index (χ4n) is 2.69. The quantitative estimate of drug-likeness (QED) is 0.792. The van der Waals surface area contributed by atoms with Crippen molar-refractivity contribution >= 4 is 21.4 Å². The molecular weight excluding hydrogens is 226 g/mol. The van der Waals surface area contributed by atoms with E-state index < -0.39 is 0 Å². The van der Waals surface area contributed by atoms with Gasteiger partial charge in [0.2, 0.25) is 0 Å². The molecule has 3 rings (SSSR count).